The van der Waals surface area contributed by atoms with E-state index in [-0.39, 0.29) is 5.60 Å². The van der Waals surface area contributed by atoms with Crippen LogP contribution in [-0.2, 0) is 6.42 Å². The van der Waals surface area contributed by atoms with Crippen molar-refractivity contribution < 1.29 is 9.84 Å². The van der Waals surface area contributed by atoms with Gasteiger partial charge in [0.2, 0.25) is 0 Å². The summed E-state index contributed by atoms with van der Waals surface area (Å²) in [5.74, 6) is 1.94. The molecule has 2 atom stereocenters. The maximum absolute atomic E-state index is 10.7. The number of ether oxygens (including phenoxy) is 1. The first kappa shape index (κ1) is 18.6. The number of phenols is 1. The average molecular weight is 351 g/mol. The van der Waals surface area contributed by atoms with Crippen molar-refractivity contribution in [3.63, 3.8) is 0 Å². The number of nitrogens with zero attached hydrogens (tertiary/aromatic N) is 1. The SMILES string of the molecule is CC1=CC[C@@H]2[C@@H](C1)c1c(O)cc(C/C=C\CCCC#N)cc1OC2(C)C. The van der Waals surface area contributed by atoms with E-state index in [1.54, 1.807) is 0 Å². The lowest BCUT2D eigenvalue weighted by atomic mass is 9.67. The van der Waals surface area contributed by atoms with E-state index in [0.717, 1.165) is 49.0 Å². The summed E-state index contributed by atoms with van der Waals surface area (Å²) >= 11 is 0. The minimum atomic E-state index is -0.229. The Labute approximate surface area is 157 Å². The fraction of sp³-hybridized carbons (Fsp3) is 0.522. The van der Waals surface area contributed by atoms with Crippen LogP contribution < -0.4 is 4.74 Å². The number of fused-ring (bicyclic) bond motifs is 3. The van der Waals surface area contributed by atoms with Crippen LogP contribution in [0.1, 0.15) is 69.9 Å². The molecule has 1 heterocycles. The third kappa shape index (κ3) is 3.80. The van der Waals surface area contributed by atoms with Gasteiger partial charge in [-0.05, 0) is 70.6 Å². The molecule has 0 bridgehead atoms. The van der Waals surface area contributed by atoms with Crippen LogP contribution in [0.4, 0.5) is 0 Å². The topological polar surface area (TPSA) is 53.2 Å². The lowest BCUT2D eigenvalue weighted by Gasteiger charge is -2.47. The molecule has 1 aliphatic heterocycles. The molecule has 3 rings (SSSR count). The number of nitriles is 1. The molecule has 26 heavy (non-hydrogen) atoms. The second-order valence-corrected chi connectivity index (χ2v) is 8.16. The molecule has 0 saturated carbocycles. The number of phenolic OH excluding ortho intramolecular Hbond substituents is 1. The summed E-state index contributed by atoms with van der Waals surface area (Å²) in [6.07, 6.45) is 11.7. The first-order valence-corrected chi connectivity index (χ1v) is 9.64. The van der Waals surface area contributed by atoms with E-state index in [9.17, 15) is 5.11 Å². The van der Waals surface area contributed by atoms with Crippen LogP contribution in [0.2, 0.25) is 0 Å². The molecule has 2 aliphatic rings. The van der Waals surface area contributed by atoms with Gasteiger partial charge in [0.1, 0.15) is 17.1 Å². The first-order valence-electron chi connectivity index (χ1n) is 9.64. The monoisotopic (exact) mass is 351 g/mol. The third-order valence-electron chi connectivity index (χ3n) is 5.74. The van der Waals surface area contributed by atoms with Crippen LogP contribution in [-0.4, -0.2) is 10.7 Å². The van der Waals surface area contributed by atoms with Gasteiger partial charge < -0.3 is 9.84 Å². The van der Waals surface area contributed by atoms with Crippen LogP contribution in [0.5, 0.6) is 11.5 Å². The van der Waals surface area contributed by atoms with Gasteiger partial charge in [-0.2, -0.15) is 5.26 Å². The fourth-order valence-corrected chi connectivity index (χ4v) is 4.37. The summed E-state index contributed by atoms with van der Waals surface area (Å²) in [5.41, 5.74) is 3.23. The number of aromatic hydroxyl groups is 1. The molecule has 3 heteroatoms. The Morgan fingerprint density at radius 2 is 2.15 bits per heavy atom. The molecule has 1 aliphatic carbocycles. The van der Waals surface area contributed by atoms with Crippen molar-refractivity contribution in [3.05, 3.63) is 47.1 Å². The predicted octanol–water partition coefficient (Wildman–Crippen LogP) is 5.80. The minimum absolute atomic E-state index is 0.229. The van der Waals surface area contributed by atoms with E-state index in [1.807, 2.05) is 6.07 Å². The zero-order valence-corrected chi connectivity index (χ0v) is 16.1. The lowest BCUT2D eigenvalue weighted by Crippen LogP contribution is -2.45. The van der Waals surface area contributed by atoms with E-state index in [4.69, 9.17) is 10.00 Å². The van der Waals surface area contributed by atoms with Crippen LogP contribution in [0.25, 0.3) is 0 Å². The van der Waals surface area contributed by atoms with Crippen LogP contribution in [0.15, 0.2) is 35.9 Å². The van der Waals surface area contributed by atoms with Crippen molar-refractivity contribution >= 4 is 0 Å². The zero-order chi connectivity index (χ0) is 18.7. The zero-order valence-electron chi connectivity index (χ0n) is 16.1. The van der Waals surface area contributed by atoms with Gasteiger partial charge in [-0.3, -0.25) is 0 Å². The van der Waals surface area contributed by atoms with Crippen molar-refractivity contribution in [1.82, 2.24) is 0 Å². The number of hydrogen-bond acceptors (Lipinski definition) is 3. The molecule has 138 valence electrons. The Kier molecular flexibility index (Phi) is 5.41. The van der Waals surface area contributed by atoms with E-state index < -0.39 is 0 Å². The van der Waals surface area contributed by atoms with Gasteiger partial charge in [-0.1, -0.05) is 23.8 Å². The molecule has 0 saturated heterocycles. The molecule has 3 nitrogen and oxygen atoms in total. The third-order valence-corrected chi connectivity index (χ3v) is 5.74. The lowest BCUT2D eigenvalue weighted by molar-refractivity contribution is 0.00754. The molecule has 1 aromatic rings. The molecule has 0 fully saturated rings. The molecule has 0 aromatic heterocycles. The number of benzene rings is 1. The molecule has 1 N–H and O–H groups in total. The Bertz CT molecular complexity index is 767. The van der Waals surface area contributed by atoms with Crippen molar-refractivity contribution in [2.75, 3.05) is 0 Å². The number of rotatable bonds is 5. The van der Waals surface area contributed by atoms with E-state index in [1.165, 1.54) is 5.57 Å². The first-order chi connectivity index (χ1) is 12.4. The summed E-state index contributed by atoms with van der Waals surface area (Å²) in [6.45, 7) is 6.52. The van der Waals surface area contributed by atoms with Crippen LogP contribution in [0, 0.1) is 17.2 Å². The second kappa shape index (κ2) is 7.58. The van der Waals surface area contributed by atoms with Crippen LogP contribution in [0.3, 0.4) is 0 Å². The Hall–Kier alpha value is -2.21. The highest BCUT2D eigenvalue weighted by Gasteiger charge is 2.45. The summed E-state index contributed by atoms with van der Waals surface area (Å²) in [6, 6.07) is 6.16. The number of unbranched alkanes of at least 4 members (excludes halogenated alkanes) is 2. The Morgan fingerprint density at radius 1 is 1.35 bits per heavy atom. The molecule has 0 unspecified atom stereocenters. The van der Waals surface area contributed by atoms with Gasteiger partial charge in [-0.25, -0.2) is 0 Å². The van der Waals surface area contributed by atoms with Crippen molar-refractivity contribution in [3.8, 4) is 17.6 Å². The van der Waals surface area contributed by atoms with Crippen molar-refractivity contribution in [2.24, 2.45) is 5.92 Å². The quantitative estimate of drug-likeness (QED) is 0.539. The van der Waals surface area contributed by atoms with Gasteiger partial charge >= 0.3 is 0 Å². The van der Waals surface area contributed by atoms with E-state index >= 15 is 0 Å². The van der Waals surface area contributed by atoms with Gasteiger partial charge in [0.15, 0.2) is 0 Å². The van der Waals surface area contributed by atoms with Crippen LogP contribution >= 0.6 is 0 Å². The smallest absolute Gasteiger partial charge is 0.127 e. The van der Waals surface area contributed by atoms with E-state index in [0.29, 0.717) is 24.0 Å². The van der Waals surface area contributed by atoms with Crippen molar-refractivity contribution in [2.45, 2.75) is 70.8 Å². The van der Waals surface area contributed by atoms with Gasteiger partial charge in [0.25, 0.3) is 0 Å². The van der Waals surface area contributed by atoms with Gasteiger partial charge in [0.05, 0.1) is 6.07 Å². The molecule has 0 radical (unpaired) electrons. The van der Waals surface area contributed by atoms with E-state index in [2.05, 4.69) is 51.1 Å². The summed E-state index contributed by atoms with van der Waals surface area (Å²) in [4.78, 5) is 0. The number of hydrogen-bond donors (Lipinski definition) is 1. The minimum Gasteiger partial charge on any atom is -0.508 e. The highest BCUT2D eigenvalue weighted by atomic mass is 16.5. The highest BCUT2D eigenvalue weighted by Crippen LogP contribution is 2.54. The maximum atomic E-state index is 10.7. The molecule has 1 aromatic carbocycles. The summed E-state index contributed by atoms with van der Waals surface area (Å²) in [5, 5.41) is 19.3. The standard InChI is InChI=1S/C23H29NO2/c1-16-10-11-19-18(13-16)22-20(25)14-17(9-7-5-4-6-8-12-24)15-21(22)26-23(19,2)3/h5,7,10,14-15,18-19,25H,4,6,8-9,11,13H2,1-3H3/b7-5-/t18-,19-/m1/s1. The Morgan fingerprint density at radius 3 is 2.92 bits per heavy atom. The summed E-state index contributed by atoms with van der Waals surface area (Å²) in [7, 11) is 0. The molecule has 0 amide bonds. The molecular formula is C23H29NO2. The van der Waals surface area contributed by atoms with Crippen molar-refractivity contribution in [1.29, 1.82) is 5.26 Å². The fourth-order valence-electron chi connectivity index (χ4n) is 4.37. The second-order valence-electron chi connectivity index (χ2n) is 8.16. The predicted molar refractivity (Wildman–Crippen MR) is 104 cm³/mol. The largest absolute Gasteiger partial charge is 0.508 e. The molecule has 0 spiro atoms. The molecular weight excluding hydrogens is 322 g/mol. The average Bonchev–Trinajstić information content (AvgIpc) is 2.56. The highest BCUT2D eigenvalue weighted by molar-refractivity contribution is 5.53. The Balaban J connectivity index is 1.82. The summed E-state index contributed by atoms with van der Waals surface area (Å²) < 4.78 is 6.36. The van der Waals surface area contributed by atoms with Gasteiger partial charge in [0, 0.05) is 23.8 Å². The maximum Gasteiger partial charge on any atom is 0.127 e. The number of allylic oxidation sites excluding steroid dienone is 4. The normalized spacial score (nSPS) is 23.5. The van der Waals surface area contributed by atoms with Gasteiger partial charge in [-0.15, -0.1) is 0 Å².